The second-order valence-corrected chi connectivity index (χ2v) is 11.6. The maximum atomic E-state index is 11.5. The molecule has 1 saturated heterocycles. The Kier molecular flexibility index (Phi) is 6.83. The van der Waals surface area contributed by atoms with Gasteiger partial charge in [0.2, 0.25) is 0 Å². The van der Waals surface area contributed by atoms with Gasteiger partial charge in [0.05, 0.1) is 11.4 Å². The highest BCUT2D eigenvalue weighted by molar-refractivity contribution is 7.90. The van der Waals surface area contributed by atoms with E-state index in [1.165, 1.54) is 6.26 Å². The number of benzene rings is 1. The van der Waals surface area contributed by atoms with Gasteiger partial charge in [-0.25, -0.2) is 18.4 Å². The number of likely N-dealkylation sites (tertiary alicyclic amines) is 1. The molecule has 0 unspecified atom stereocenters. The molecule has 2 aromatic rings. The fourth-order valence-electron chi connectivity index (χ4n) is 4.97. The molecule has 0 amide bonds. The summed E-state index contributed by atoms with van der Waals surface area (Å²) in [5.41, 5.74) is 8.88. The second-order valence-electron chi connectivity index (χ2n) is 9.61. The van der Waals surface area contributed by atoms with E-state index in [4.69, 9.17) is 5.73 Å². The first kappa shape index (κ1) is 23.1. The molecule has 2 fully saturated rings. The molecule has 174 valence electrons. The van der Waals surface area contributed by atoms with E-state index in [0.29, 0.717) is 16.7 Å². The van der Waals surface area contributed by atoms with Crippen LogP contribution in [0.4, 0.5) is 5.69 Å². The number of hydrogen-bond acceptors (Lipinski definition) is 7. The van der Waals surface area contributed by atoms with Gasteiger partial charge < -0.3 is 11.1 Å². The average Bonchev–Trinajstić information content (AvgIpc) is 3.44. The van der Waals surface area contributed by atoms with Crippen LogP contribution < -0.4 is 11.1 Å². The van der Waals surface area contributed by atoms with Gasteiger partial charge in [-0.2, -0.15) is 0 Å². The molecule has 8 heteroatoms. The molecule has 1 aliphatic carbocycles. The van der Waals surface area contributed by atoms with Crippen molar-refractivity contribution in [1.82, 2.24) is 14.9 Å². The van der Waals surface area contributed by atoms with Crippen LogP contribution in [0.3, 0.4) is 0 Å². The summed E-state index contributed by atoms with van der Waals surface area (Å²) in [4.78, 5) is 11.7. The Morgan fingerprint density at radius 2 is 1.81 bits per heavy atom. The molecule has 1 aromatic heterocycles. The summed E-state index contributed by atoms with van der Waals surface area (Å²) in [6.07, 6.45) is 10.7. The lowest BCUT2D eigenvalue weighted by atomic mass is 9.85. The van der Waals surface area contributed by atoms with Crippen molar-refractivity contribution in [1.29, 1.82) is 0 Å². The molecule has 1 aromatic carbocycles. The Hall–Kier alpha value is -2.03. The number of aromatic nitrogens is 2. The molecule has 3 N–H and O–H groups in total. The SMILES string of the molecule is Cc1cnc(CN2CCC([C@@]3(N)C[C@H]3CCCNc3ccc(S(C)(=O)=O)cc3)CC2)nc1. The number of nitrogens with two attached hydrogens (primary N) is 1. The van der Waals surface area contributed by atoms with Crippen molar-refractivity contribution in [3.05, 3.63) is 48.0 Å². The van der Waals surface area contributed by atoms with Crippen molar-refractivity contribution in [3.8, 4) is 0 Å². The zero-order chi connectivity index (χ0) is 22.8. The summed E-state index contributed by atoms with van der Waals surface area (Å²) in [5, 5.41) is 3.39. The van der Waals surface area contributed by atoms with Crippen molar-refractivity contribution in [2.24, 2.45) is 17.6 Å². The molecular formula is C24H35N5O2S. The van der Waals surface area contributed by atoms with Crippen molar-refractivity contribution in [2.75, 3.05) is 31.2 Å². The molecule has 32 heavy (non-hydrogen) atoms. The number of piperidine rings is 1. The zero-order valence-electron chi connectivity index (χ0n) is 19.1. The first-order valence-corrected chi connectivity index (χ1v) is 13.5. The molecule has 1 saturated carbocycles. The zero-order valence-corrected chi connectivity index (χ0v) is 19.9. The Bertz CT molecular complexity index is 1000. The van der Waals surface area contributed by atoms with Crippen molar-refractivity contribution >= 4 is 15.5 Å². The fourth-order valence-corrected chi connectivity index (χ4v) is 5.60. The van der Waals surface area contributed by atoms with E-state index >= 15 is 0 Å². The lowest BCUT2D eigenvalue weighted by Gasteiger charge is -2.35. The third-order valence-electron chi connectivity index (χ3n) is 7.09. The normalized spacial score (nSPS) is 24.4. The topological polar surface area (TPSA) is 101 Å². The van der Waals surface area contributed by atoms with Gasteiger partial charge in [-0.05, 0) is 93.8 Å². The molecule has 2 aliphatic rings. The molecular weight excluding hydrogens is 422 g/mol. The van der Waals surface area contributed by atoms with Gasteiger partial charge in [-0.3, -0.25) is 4.90 Å². The molecule has 7 nitrogen and oxygen atoms in total. The van der Waals surface area contributed by atoms with Gasteiger partial charge in [0, 0.05) is 36.4 Å². The van der Waals surface area contributed by atoms with E-state index in [2.05, 4.69) is 20.2 Å². The monoisotopic (exact) mass is 457 g/mol. The molecule has 1 aliphatic heterocycles. The van der Waals surface area contributed by atoms with Gasteiger partial charge >= 0.3 is 0 Å². The van der Waals surface area contributed by atoms with Crippen LogP contribution >= 0.6 is 0 Å². The highest BCUT2D eigenvalue weighted by atomic mass is 32.2. The van der Waals surface area contributed by atoms with Crippen LogP contribution in [0.25, 0.3) is 0 Å². The van der Waals surface area contributed by atoms with Crippen LogP contribution in [0.15, 0.2) is 41.6 Å². The van der Waals surface area contributed by atoms with Gasteiger partial charge in [0.1, 0.15) is 5.82 Å². The molecule has 2 atom stereocenters. The number of sulfone groups is 1. The van der Waals surface area contributed by atoms with E-state index in [1.54, 1.807) is 12.1 Å². The summed E-state index contributed by atoms with van der Waals surface area (Å²) in [6, 6.07) is 6.97. The van der Waals surface area contributed by atoms with E-state index in [-0.39, 0.29) is 5.54 Å². The minimum Gasteiger partial charge on any atom is -0.385 e. The predicted octanol–water partition coefficient (Wildman–Crippen LogP) is 3.01. The summed E-state index contributed by atoms with van der Waals surface area (Å²) in [6.45, 7) is 5.85. The highest BCUT2D eigenvalue weighted by Gasteiger charge is 2.55. The van der Waals surface area contributed by atoms with E-state index in [9.17, 15) is 8.42 Å². The Labute approximate surface area is 191 Å². The number of rotatable bonds is 9. The third-order valence-corrected chi connectivity index (χ3v) is 8.22. The minimum atomic E-state index is -3.14. The van der Waals surface area contributed by atoms with Crippen LogP contribution in [0.5, 0.6) is 0 Å². The van der Waals surface area contributed by atoms with Gasteiger partial charge in [0.15, 0.2) is 9.84 Å². The van der Waals surface area contributed by atoms with Crippen LogP contribution in [0, 0.1) is 18.8 Å². The summed E-state index contributed by atoms with van der Waals surface area (Å²) in [5.74, 6) is 2.13. The maximum absolute atomic E-state index is 11.5. The number of nitrogens with zero attached hydrogens (tertiary/aromatic N) is 3. The van der Waals surface area contributed by atoms with Crippen molar-refractivity contribution in [3.63, 3.8) is 0 Å². The van der Waals surface area contributed by atoms with Gasteiger partial charge in [-0.1, -0.05) is 0 Å². The summed E-state index contributed by atoms with van der Waals surface area (Å²) in [7, 11) is -3.14. The van der Waals surface area contributed by atoms with Crippen molar-refractivity contribution in [2.45, 2.75) is 56.0 Å². The standard InChI is InChI=1S/C24H35N5O2S/c1-18-15-27-23(28-16-18)17-29-12-9-19(10-13-29)24(25)14-20(24)4-3-11-26-21-5-7-22(8-6-21)32(2,30)31/h5-8,15-16,19-20,26H,3-4,9-14,17,25H2,1-2H3/t20-,24+/m1/s1. The first-order valence-electron chi connectivity index (χ1n) is 11.6. The van der Waals surface area contributed by atoms with Crippen LogP contribution in [0.1, 0.15) is 43.5 Å². The van der Waals surface area contributed by atoms with Gasteiger partial charge in [0.25, 0.3) is 0 Å². The first-order chi connectivity index (χ1) is 15.2. The van der Waals surface area contributed by atoms with Crippen molar-refractivity contribution < 1.29 is 8.42 Å². The predicted molar refractivity (Wildman–Crippen MR) is 127 cm³/mol. The Morgan fingerprint density at radius 3 is 2.44 bits per heavy atom. The van der Waals surface area contributed by atoms with E-state index in [0.717, 1.165) is 75.4 Å². The lowest BCUT2D eigenvalue weighted by Crippen LogP contribution is -2.43. The molecule has 0 spiro atoms. The summed E-state index contributed by atoms with van der Waals surface area (Å²) >= 11 is 0. The fraction of sp³-hybridized carbons (Fsp3) is 0.583. The molecule has 4 rings (SSSR count). The average molecular weight is 458 g/mol. The summed E-state index contributed by atoms with van der Waals surface area (Å²) < 4.78 is 23.1. The van der Waals surface area contributed by atoms with Crippen LogP contribution in [-0.4, -0.2) is 54.7 Å². The second kappa shape index (κ2) is 9.45. The van der Waals surface area contributed by atoms with Crippen LogP contribution in [-0.2, 0) is 16.4 Å². The molecule has 0 bridgehead atoms. The Balaban J connectivity index is 1.15. The highest BCUT2D eigenvalue weighted by Crippen LogP contribution is 2.52. The number of hydrogen-bond donors (Lipinski definition) is 2. The van der Waals surface area contributed by atoms with E-state index < -0.39 is 9.84 Å². The van der Waals surface area contributed by atoms with Crippen LogP contribution in [0.2, 0.25) is 0 Å². The smallest absolute Gasteiger partial charge is 0.175 e. The maximum Gasteiger partial charge on any atom is 0.175 e. The van der Waals surface area contributed by atoms with Gasteiger partial charge in [-0.15, -0.1) is 0 Å². The number of aryl methyl sites for hydroxylation is 1. The minimum absolute atomic E-state index is 0.0174. The lowest BCUT2D eigenvalue weighted by molar-refractivity contribution is 0.149. The van der Waals surface area contributed by atoms with E-state index in [1.807, 2.05) is 31.5 Å². The number of nitrogens with one attached hydrogen (secondary N) is 1. The molecule has 0 radical (unpaired) electrons. The quantitative estimate of drug-likeness (QED) is 0.558. The Morgan fingerprint density at radius 1 is 1.16 bits per heavy atom. The number of anilines is 1. The molecule has 2 heterocycles. The third kappa shape index (κ3) is 5.66. The largest absolute Gasteiger partial charge is 0.385 e.